The molecule has 1 aliphatic heterocycles. The second-order valence-electron chi connectivity index (χ2n) is 4.84. The van der Waals surface area contributed by atoms with Crippen molar-refractivity contribution in [2.45, 2.75) is 24.8 Å². The summed E-state index contributed by atoms with van der Waals surface area (Å²) in [5.74, 6) is 0.697. The highest BCUT2D eigenvalue weighted by molar-refractivity contribution is 5.63. The molecule has 0 aromatic heterocycles. The Bertz CT molecular complexity index is 425. The van der Waals surface area contributed by atoms with Gasteiger partial charge in [0, 0.05) is 24.8 Å². The van der Waals surface area contributed by atoms with Crippen molar-refractivity contribution in [3.63, 3.8) is 0 Å². The van der Waals surface area contributed by atoms with Crippen LogP contribution in [-0.4, -0.2) is 13.1 Å². The number of hydrogen-bond donors (Lipinski definition) is 1. The lowest BCUT2D eigenvalue weighted by Gasteiger charge is -2.33. The van der Waals surface area contributed by atoms with Gasteiger partial charge in [-0.3, -0.25) is 0 Å². The number of anilines is 1. The SMILES string of the molecule is C=CCN1CCC2CC(N)c3cccc1c32. The van der Waals surface area contributed by atoms with Crippen LogP contribution in [0.1, 0.15) is 35.9 Å². The molecule has 0 saturated heterocycles. The van der Waals surface area contributed by atoms with E-state index in [0.717, 1.165) is 19.5 Å². The fraction of sp³-hybridized carbons (Fsp3) is 0.429. The van der Waals surface area contributed by atoms with Crippen LogP contribution >= 0.6 is 0 Å². The van der Waals surface area contributed by atoms with E-state index in [1.807, 2.05) is 6.08 Å². The van der Waals surface area contributed by atoms with E-state index in [-0.39, 0.29) is 6.04 Å². The Balaban J connectivity index is 2.09. The predicted octanol–water partition coefficient (Wildman–Crippen LogP) is 2.57. The third-order valence-corrected chi connectivity index (χ3v) is 3.90. The summed E-state index contributed by atoms with van der Waals surface area (Å²) < 4.78 is 0. The van der Waals surface area contributed by atoms with Crippen LogP contribution < -0.4 is 10.6 Å². The molecule has 16 heavy (non-hydrogen) atoms. The molecule has 2 nitrogen and oxygen atoms in total. The molecule has 0 fully saturated rings. The summed E-state index contributed by atoms with van der Waals surface area (Å²) in [6, 6.07) is 6.81. The second kappa shape index (κ2) is 3.63. The standard InChI is InChI=1S/C14H18N2/c1-2-7-16-8-6-10-9-12(15)11-4-3-5-13(16)14(10)11/h2-5,10,12H,1,6-9,15H2. The van der Waals surface area contributed by atoms with E-state index in [9.17, 15) is 0 Å². The number of hydrogen-bond acceptors (Lipinski definition) is 2. The molecular formula is C14H18N2. The highest BCUT2D eigenvalue weighted by Crippen LogP contribution is 2.48. The summed E-state index contributed by atoms with van der Waals surface area (Å²) in [7, 11) is 0. The first-order chi connectivity index (χ1) is 7.81. The van der Waals surface area contributed by atoms with Gasteiger partial charge in [0.25, 0.3) is 0 Å². The first kappa shape index (κ1) is 9.91. The molecule has 0 spiro atoms. The predicted molar refractivity (Wildman–Crippen MR) is 67.8 cm³/mol. The van der Waals surface area contributed by atoms with Crippen LogP contribution in [0.2, 0.25) is 0 Å². The van der Waals surface area contributed by atoms with Crippen LogP contribution in [-0.2, 0) is 0 Å². The lowest BCUT2D eigenvalue weighted by atomic mass is 9.91. The summed E-state index contributed by atoms with van der Waals surface area (Å²) in [5, 5.41) is 0. The van der Waals surface area contributed by atoms with Gasteiger partial charge in [-0.1, -0.05) is 18.2 Å². The summed E-state index contributed by atoms with van der Waals surface area (Å²) in [5.41, 5.74) is 10.5. The zero-order chi connectivity index (χ0) is 11.1. The van der Waals surface area contributed by atoms with Crippen molar-refractivity contribution in [3.05, 3.63) is 42.0 Å². The van der Waals surface area contributed by atoms with Gasteiger partial charge < -0.3 is 10.6 Å². The zero-order valence-corrected chi connectivity index (χ0v) is 9.52. The van der Waals surface area contributed by atoms with Gasteiger partial charge in [0.15, 0.2) is 0 Å². The van der Waals surface area contributed by atoms with E-state index < -0.39 is 0 Å². The van der Waals surface area contributed by atoms with E-state index in [4.69, 9.17) is 5.73 Å². The molecule has 2 heteroatoms. The monoisotopic (exact) mass is 214 g/mol. The third-order valence-electron chi connectivity index (χ3n) is 3.90. The maximum absolute atomic E-state index is 6.19. The number of rotatable bonds is 2. The van der Waals surface area contributed by atoms with Crippen molar-refractivity contribution in [3.8, 4) is 0 Å². The Kier molecular flexibility index (Phi) is 2.25. The lowest BCUT2D eigenvalue weighted by Crippen LogP contribution is -2.30. The molecule has 1 heterocycles. The Hall–Kier alpha value is -1.28. The average Bonchev–Trinajstić information content (AvgIpc) is 2.62. The zero-order valence-electron chi connectivity index (χ0n) is 9.52. The van der Waals surface area contributed by atoms with Crippen LogP contribution in [0.3, 0.4) is 0 Å². The molecular weight excluding hydrogens is 196 g/mol. The van der Waals surface area contributed by atoms with Crippen LogP contribution in [0.25, 0.3) is 0 Å². The number of nitrogens with zero attached hydrogens (tertiary/aromatic N) is 1. The minimum atomic E-state index is 0.253. The number of benzene rings is 1. The summed E-state index contributed by atoms with van der Waals surface area (Å²) >= 11 is 0. The van der Waals surface area contributed by atoms with Crippen molar-refractivity contribution >= 4 is 5.69 Å². The lowest BCUT2D eigenvalue weighted by molar-refractivity contribution is 0.547. The van der Waals surface area contributed by atoms with E-state index in [0.29, 0.717) is 5.92 Å². The molecule has 1 aromatic rings. The topological polar surface area (TPSA) is 29.3 Å². The summed E-state index contributed by atoms with van der Waals surface area (Å²) in [4.78, 5) is 2.42. The Morgan fingerprint density at radius 3 is 3.19 bits per heavy atom. The van der Waals surface area contributed by atoms with Gasteiger partial charge in [-0.05, 0) is 36.0 Å². The van der Waals surface area contributed by atoms with Gasteiger partial charge >= 0.3 is 0 Å². The largest absolute Gasteiger partial charge is 0.368 e. The highest BCUT2D eigenvalue weighted by atomic mass is 15.1. The molecule has 0 saturated carbocycles. The van der Waals surface area contributed by atoms with Crippen molar-refractivity contribution in [2.24, 2.45) is 5.73 Å². The van der Waals surface area contributed by atoms with E-state index in [1.165, 1.54) is 23.2 Å². The summed E-state index contributed by atoms with van der Waals surface area (Å²) in [6.45, 7) is 5.91. The second-order valence-corrected chi connectivity index (χ2v) is 4.84. The molecule has 0 amide bonds. The molecule has 1 aliphatic carbocycles. The number of nitrogens with two attached hydrogens (primary N) is 1. The van der Waals surface area contributed by atoms with Crippen LogP contribution in [0.15, 0.2) is 30.9 Å². The fourth-order valence-electron chi connectivity index (χ4n) is 3.21. The van der Waals surface area contributed by atoms with Gasteiger partial charge in [0.2, 0.25) is 0 Å². The smallest absolute Gasteiger partial charge is 0.0407 e. The Morgan fingerprint density at radius 2 is 2.38 bits per heavy atom. The van der Waals surface area contributed by atoms with E-state index >= 15 is 0 Å². The maximum Gasteiger partial charge on any atom is 0.0407 e. The first-order valence-electron chi connectivity index (χ1n) is 6.05. The van der Waals surface area contributed by atoms with Crippen molar-refractivity contribution in [2.75, 3.05) is 18.0 Å². The molecule has 0 bridgehead atoms. The minimum absolute atomic E-state index is 0.253. The molecule has 84 valence electrons. The molecule has 2 N–H and O–H groups in total. The quantitative estimate of drug-likeness (QED) is 0.767. The van der Waals surface area contributed by atoms with Crippen LogP contribution in [0, 0.1) is 0 Å². The van der Waals surface area contributed by atoms with Gasteiger partial charge in [-0.25, -0.2) is 0 Å². The molecule has 1 aromatic carbocycles. The van der Waals surface area contributed by atoms with Gasteiger partial charge in [-0.2, -0.15) is 0 Å². The minimum Gasteiger partial charge on any atom is -0.368 e. The summed E-state index contributed by atoms with van der Waals surface area (Å²) in [6.07, 6.45) is 4.36. The highest BCUT2D eigenvalue weighted by Gasteiger charge is 2.34. The van der Waals surface area contributed by atoms with Crippen LogP contribution in [0.4, 0.5) is 5.69 Å². The first-order valence-corrected chi connectivity index (χ1v) is 6.05. The Labute approximate surface area is 96.7 Å². The Morgan fingerprint density at radius 1 is 1.50 bits per heavy atom. The fourth-order valence-corrected chi connectivity index (χ4v) is 3.21. The third kappa shape index (κ3) is 1.30. The van der Waals surface area contributed by atoms with Crippen molar-refractivity contribution in [1.82, 2.24) is 0 Å². The molecule has 0 radical (unpaired) electrons. The van der Waals surface area contributed by atoms with E-state index in [2.05, 4.69) is 29.7 Å². The molecule has 2 atom stereocenters. The van der Waals surface area contributed by atoms with Gasteiger partial charge in [-0.15, -0.1) is 6.58 Å². The molecule has 3 rings (SSSR count). The van der Waals surface area contributed by atoms with Gasteiger partial charge in [0.05, 0.1) is 0 Å². The maximum atomic E-state index is 6.19. The molecule has 2 unspecified atom stereocenters. The molecule has 2 aliphatic rings. The van der Waals surface area contributed by atoms with Gasteiger partial charge in [0.1, 0.15) is 0 Å². The van der Waals surface area contributed by atoms with E-state index in [1.54, 1.807) is 0 Å². The average molecular weight is 214 g/mol. The van der Waals surface area contributed by atoms with Crippen LogP contribution in [0.5, 0.6) is 0 Å². The normalized spacial score (nSPS) is 26.7. The van der Waals surface area contributed by atoms with Crippen molar-refractivity contribution in [1.29, 1.82) is 0 Å². The van der Waals surface area contributed by atoms with Crippen molar-refractivity contribution < 1.29 is 0 Å².